The summed E-state index contributed by atoms with van der Waals surface area (Å²) in [5, 5.41) is 6.51. The predicted octanol–water partition coefficient (Wildman–Crippen LogP) is 4.80. The smallest absolute Gasteiger partial charge is 0.0646 e. The lowest BCUT2D eigenvalue weighted by molar-refractivity contribution is 0.680. The van der Waals surface area contributed by atoms with Crippen molar-refractivity contribution in [3.05, 3.63) is 46.3 Å². The Morgan fingerprint density at radius 1 is 1.28 bits per heavy atom. The zero-order valence-corrected chi connectivity index (χ0v) is 12.2. The first kappa shape index (κ1) is 12.5. The molecule has 1 saturated carbocycles. The largest absolute Gasteiger partial charge is 0.310 e. The van der Waals surface area contributed by atoms with Crippen LogP contribution in [0, 0.1) is 0 Å². The van der Waals surface area contributed by atoms with Crippen LogP contribution in [0.25, 0.3) is 0 Å². The van der Waals surface area contributed by atoms with E-state index in [1.165, 1.54) is 27.5 Å². The summed E-state index contributed by atoms with van der Waals surface area (Å²) in [5.74, 6) is 0. The van der Waals surface area contributed by atoms with E-state index in [0.717, 1.165) is 11.6 Å². The van der Waals surface area contributed by atoms with Crippen molar-refractivity contribution in [2.45, 2.75) is 34.5 Å². The highest BCUT2D eigenvalue weighted by atomic mass is 35.5. The molecule has 1 aliphatic rings. The zero-order valence-electron chi connectivity index (χ0n) is 9.86. The summed E-state index contributed by atoms with van der Waals surface area (Å²) in [6.07, 6.45) is 2.61. The van der Waals surface area contributed by atoms with E-state index in [4.69, 9.17) is 11.6 Å². The van der Waals surface area contributed by atoms with E-state index in [2.05, 4.69) is 28.9 Å². The van der Waals surface area contributed by atoms with Gasteiger partial charge in [0.1, 0.15) is 0 Å². The Morgan fingerprint density at radius 2 is 2.17 bits per heavy atom. The fourth-order valence-electron chi connectivity index (χ4n) is 1.77. The number of hydrogen-bond donors (Lipinski definition) is 1. The molecule has 0 saturated heterocycles. The summed E-state index contributed by atoms with van der Waals surface area (Å²) >= 11 is 9.89. The molecule has 1 N–H and O–H groups in total. The maximum Gasteiger partial charge on any atom is 0.0646 e. The van der Waals surface area contributed by atoms with Gasteiger partial charge in [-0.15, -0.1) is 11.3 Å². The highest BCUT2D eigenvalue weighted by Gasteiger charge is 2.21. The van der Waals surface area contributed by atoms with E-state index in [1.54, 1.807) is 23.1 Å². The van der Waals surface area contributed by atoms with Gasteiger partial charge in [-0.05, 0) is 42.0 Å². The van der Waals surface area contributed by atoms with Crippen molar-refractivity contribution < 1.29 is 0 Å². The first-order valence-corrected chi connectivity index (χ1v) is 8.12. The molecule has 2 aromatic rings. The Hall–Kier alpha value is -0.480. The first-order valence-electron chi connectivity index (χ1n) is 6.05. The van der Waals surface area contributed by atoms with Crippen molar-refractivity contribution >= 4 is 34.7 Å². The molecule has 1 aromatic carbocycles. The molecule has 0 unspecified atom stereocenters. The average molecular weight is 296 g/mol. The SMILES string of the molecule is Clc1cccc(Sc2cccs2)c1CNC1CC1. The van der Waals surface area contributed by atoms with Crippen LogP contribution in [0.2, 0.25) is 5.02 Å². The summed E-state index contributed by atoms with van der Waals surface area (Å²) in [6, 6.07) is 11.1. The molecule has 1 nitrogen and oxygen atoms in total. The minimum Gasteiger partial charge on any atom is -0.310 e. The fraction of sp³-hybridized carbons (Fsp3) is 0.286. The minimum atomic E-state index is 0.709. The molecule has 0 atom stereocenters. The van der Waals surface area contributed by atoms with Crippen LogP contribution >= 0.6 is 34.7 Å². The minimum absolute atomic E-state index is 0.709. The van der Waals surface area contributed by atoms with Crippen LogP contribution < -0.4 is 5.32 Å². The van der Waals surface area contributed by atoms with Crippen LogP contribution in [0.5, 0.6) is 0 Å². The predicted molar refractivity (Wildman–Crippen MR) is 79.8 cm³/mol. The molecule has 1 aromatic heterocycles. The molecular formula is C14H14ClNS2. The van der Waals surface area contributed by atoms with Gasteiger partial charge in [-0.25, -0.2) is 0 Å². The summed E-state index contributed by atoms with van der Waals surface area (Å²) in [4.78, 5) is 1.26. The Morgan fingerprint density at radius 3 is 2.89 bits per heavy atom. The van der Waals surface area contributed by atoms with Crippen molar-refractivity contribution in [3.63, 3.8) is 0 Å². The van der Waals surface area contributed by atoms with Crippen molar-refractivity contribution in [2.75, 3.05) is 0 Å². The van der Waals surface area contributed by atoms with E-state index >= 15 is 0 Å². The molecule has 1 aliphatic carbocycles. The van der Waals surface area contributed by atoms with Gasteiger partial charge in [-0.2, -0.15) is 0 Å². The molecule has 1 heterocycles. The van der Waals surface area contributed by atoms with Crippen molar-refractivity contribution in [3.8, 4) is 0 Å². The van der Waals surface area contributed by atoms with Gasteiger partial charge >= 0.3 is 0 Å². The van der Waals surface area contributed by atoms with E-state index in [9.17, 15) is 0 Å². The first-order chi connectivity index (χ1) is 8.83. The normalized spacial score (nSPS) is 14.9. The van der Waals surface area contributed by atoms with Crippen LogP contribution in [0.3, 0.4) is 0 Å². The number of benzene rings is 1. The number of thiophene rings is 1. The topological polar surface area (TPSA) is 12.0 Å². The second kappa shape index (κ2) is 5.66. The lowest BCUT2D eigenvalue weighted by Crippen LogP contribution is -2.16. The van der Waals surface area contributed by atoms with Crippen molar-refractivity contribution in [1.29, 1.82) is 0 Å². The molecule has 0 radical (unpaired) electrons. The maximum absolute atomic E-state index is 6.32. The average Bonchev–Trinajstić information content (AvgIpc) is 3.05. The lowest BCUT2D eigenvalue weighted by atomic mass is 10.2. The van der Waals surface area contributed by atoms with E-state index < -0.39 is 0 Å². The number of rotatable bonds is 5. The molecule has 3 rings (SSSR count). The monoisotopic (exact) mass is 295 g/mol. The Balaban J connectivity index is 1.80. The van der Waals surface area contributed by atoms with Crippen LogP contribution in [-0.4, -0.2) is 6.04 Å². The third-order valence-electron chi connectivity index (χ3n) is 2.93. The number of hydrogen-bond acceptors (Lipinski definition) is 3. The maximum atomic E-state index is 6.32. The van der Waals surface area contributed by atoms with Gasteiger partial charge in [0.15, 0.2) is 0 Å². The highest BCUT2D eigenvalue weighted by molar-refractivity contribution is 8.01. The summed E-state index contributed by atoms with van der Waals surface area (Å²) in [6.45, 7) is 0.873. The van der Waals surface area contributed by atoms with Crippen molar-refractivity contribution in [1.82, 2.24) is 5.32 Å². The second-order valence-corrected chi connectivity index (χ2v) is 7.10. The van der Waals surface area contributed by atoms with Gasteiger partial charge in [0.25, 0.3) is 0 Å². The molecule has 94 valence electrons. The van der Waals surface area contributed by atoms with Crippen LogP contribution in [0.1, 0.15) is 18.4 Å². The number of nitrogens with one attached hydrogen (secondary N) is 1. The third-order valence-corrected chi connectivity index (χ3v) is 5.42. The number of halogens is 1. The molecule has 4 heteroatoms. The molecule has 1 fully saturated rings. The summed E-state index contributed by atoms with van der Waals surface area (Å²) in [7, 11) is 0. The second-order valence-electron chi connectivity index (χ2n) is 4.41. The molecular weight excluding hydrogens is 282 g/mol. The van der Waals surface area contributed by atoms with Crippen LogP contribution in [0.4, 0.5) is 0 Å². The van der Waals surface area contributed by atoms with E-state index in [1.807, 2.05) is 12.1 Å². The quantitative estimate of drug-likeness (QED) is 0.850. The highest BCUT2D eigenvalue weighted by Crippen LogP contribution is 2.36. The van der Waals surface area contributed by atoms with Crippen molar-refractivity contribution in [2.24, 2.45) is 0 Å². The Kier molecular flexibility index (Phi) is 3.94. The van der Waals surface area contributed by atoms with E-state index in [-0.39, 0.29) is 0 Å². The fourth-order valence-corrected chi connectivity index (χ4v) is 3.96. The molecule has 0 aliphatic heterocycles. The Bertz CT molecular complexity index is 521. The van der Waals surface area contributed by atoms with Gasteiger partial charge in [0, 0.05) is 22.5 Å². The molecule has 0 amide bonds. The third kappa shape index (κ3) is 3.09. The van der Waals surface area contributed by atoms with Gasteiger partial charge < -0.3 is 5.32 Å². The standard InChI is InChI=1S/C14H14ClNS2/c15-12-3-1-4-13(18-14-5-2-8-17-14)11(12)9-16-10-6-7-10/h1-5,8,10,16H,6-7,9H2. The molecule has 0 bridgehead atoms. The van der Waals surface area contributed by atoms with Crippen LogP contribution in [-0.2, 0) is 6.54 Å². The van der Waals surface area contributed by atoms with E-state index in [0.29, 0.717) is 6.04 Å². The van der Waals surface area contributed by atoms with Gasteiger partial charge in [-0.3, -0.25) is 0 Å². The van der Waals surface area contributed by atoms with Gasteiger partial charge in [0.2, 0.25) is 0 Å². The molecule has 0 spiro atoms. The van der Waals surface area contributed by atoms with Gasteiger partial charge in [0.05, 0.1) is 4.21 Å². The summed E-state index contributed by atoms with van der Waals surface area (Å²) < 4.78 is 1.31. The Labute approximate surface area is 121 Å². The lowest BCUT2D eigenvalue weighted by Gasteiger charge is -2.11. The molecule has 18 heavy (non-hydrogen) atoms. The van der Waals surface area contributed by atoms with Gasteiger partial charge in [-0.1, -0.05) is 35.5 Å². The summed E-state index contributed by atoms with van der Waals surface area (Å²) in [5.41, 5.74) is 1.23. The van der Waals surface area contributed by atoms with Crippen LogP contribution in [0.15, 0.2) is 44.8 Å². The zero-order chi connectivity index (χ0) is 12.4.